The van der Waals surface area contributed by atoms with Gasteiger partial charge in [0.1, 0.15) is 6.10 Å². The van der Waals surface area contributed by atoms with E-state index in [4.69, 9.17) is 15.9 Å². The molecular formula is C8H10N2O4. The second kappa shape index (κ2) is 4.03. The van der Waals surface area contributed by atoms with E-state index in [9.17, 15) is 9.90 Å². The molecule has 0 saturated heterocycles. The molecule has 6 nitrogen and oxygen atoms in total. The van der Waals surface area contributed by atoms with Crippen molar-refractivity contribution in [2.75, 3.05) is 5.73 Å². The van der Waals surface area contributed by atoms with Crippen LogP contribution in [0, 0.1) is 0 Å². The first-order valence-corrected chi connectivity index (χ1v) is 3.82. The second-order valence-corrected chi connectivity index (χ2v) is 2.73. The molecule has 0 amide bonds. The Hall–Kier alpha value is -1.66. The van der Waals surface area contributed by atoms with Crippen LogP contribution in [0.1, 0.15) is 11.7 Å². The average Bonchev–Trinajstić information content (AvgIpc) is 2.16. The first-order chi connectivity index (χ1) is 6.54. The van der Waals surface area contributed by atoms with Gasteiger partial charge in [-0.25, -0.2) is 4.79 Å². The summed E-state index contributed by atoms with van der Waals surface area (Å²) in [6.07, 6.45) is -0.813. The van der Waals surface area contributed by atoms with E-state index in [1.165, 1.54) is 18.5 Å². The van der Waals surface area contributed by atoms with E-state index in [0.29, 0.717) is 0 Å². The lowest BCUT2D eigenvalue weighted by atomic mass is 10.0. The zero-order valence-corrected chi connectivity index (χ0v) is 7.16. The quantitative estimate of drug-likeness (QED) is 0.502. The Morgan fingerprint density at radius 1 is 1.50 bits per heavy atom. The molecule has 0 aliphatic heterocycles. The highest BCUT2D eigenvalue weighted by atomic mass is 16.4. The van der Waals surface area contributed by atoms with E-state index in [1.54, 1.807) is 0 Å². The number of carbonyl (C=O) groups is 1. The molecule has 1 aromatic rings. The van der Waals surface area contributed by atoms with Gasteiger partial charge in [-0.15, -0.1) is 0 Å². The summed E-state index contributed by atoms with van der Waals surface area (Å²) in [6, 6.07) is 1.35. The Kier molecular flexibility index (Phi) is 3.00. The maximum absolute atomic E-state index is 10.4. The van der Waals surface area contributed by atoms with Gasteiger partial charge in [0, 0.05) is 11.8 Å². The van der Waals surface area contributed by atoms with Crippen molar-refractivity contribution in [3.63, 3.8) is 0 Å². The molecule has 0 aliphatic rings. The molecule has 2 unspecified atom stereocenters. The maximum atomic E-state index is 10.4. The molecule has 14 heavy (non-hydrogen) atoms. The number of nitrogen functional groups attached to an aromatic ring is 1. The molecule has 0 fully saturated rings. The Morgan fingerprint density at radius 2 is 2.14 bits per heavy atom. The number of aromatic nitrogens is 1. The molecule has 0 bridgehead atoms. The minimum atomic E-state index is -1.89. The number of hydrogen-bond acceptors (Lipinski definition) is 5. The lowest BCUT2D eigenvalue weighted by Gasteiger charge is -2.15. The minimum absolute atomic E-state index is 0.139. The van der Waals surface area contributed by atoms with Crippen LogP contribution in [0.15, 0.2) is 18.5 Å². The average molecular weight is 198 g/mol. The summed E-state index contributed by atoms with van der Waals surface area (Å²) in [7, 11) is 0. The molecular weight excluding hydrogens is 188 g/mol. The van der Waals surface area contributed by atoms with Gasteiger partial charge < -0.3 is 21.1 Å². The first kappa shape index (κ1) is 10.4. The van der Waals surface area contributed by atoms with Gasteiger partial charge in [0.25, 0.3) is 0 Å². The summed E-state index contributed by atoms with van der Waals surface area (Å²) in [5, 5.41) is 26.9. The van der Waals surface area contributed by atoms with E-state index in [0.717, 1.165) is 0 Å². The Bertz CT molecular complexity index is 342. The highest BCUT2D eigenvalue weighted by molar-refractivity contribution is 5.73. The van der Waals surface area contributed by atoms with Crippen molar-refractivity contribution in [2.24, 2.45) is 0 Å². The molecule has 0 saturated carbocycles. The molecule has 0 spiro atoms. The number of carboxylic acid groups (broad SMARTS) is 1. The lowest BCUT2D eigenvalue weighted by Crippen LogP contribution is -2.28. The predicted octanol–water partition coefficient (Wildman–Crippen LogP) is -0.857. The summed E-state index contributed by atoms with van der Waals surface area (Å²) < 4.78 is 0. The van der Waals surface area contributed by atoms with Crippen molar-refractivity contribution in [3.8, 4) is 0 Å². The van der Waals surface area contributed by atoms with Crippen LogP contribution in [0.25, 0.3) is 0 Å². The maximum Gasteiger partial charge on any atom is 0.335 e. The Balaban J connectivity index is 2.94. The van der Waals surface area contributed by atoms with E-state index in [-0.39, 0.29) is 11.3 Å². The third-order valence-corrected chi connectivity index (χ3v) is 1.76. The SMILES string of the molecule is Nc1cnccc1C(O)C(O)C(=O)O. The highest BCUT2D eigenvalue weighted by Crippen LogP contribution is 2.21. The summed E-state index contributed by atoms with van der Waals surface area (Å²) in [4.78, 5) is 14.0. The smallest absolute Gasteiger partial charge is 0.335 e. The number of aliphatic carboxylic acids is 1. The van der Waals surface area contributed by atoms with Crippen LogP contribution in [0.3, 0.4) is 0 Å². The number of anilines is 1. The van der Waals surface area contributed by atoms with Crippen LogP contribution in [-0.4, -0.2) is 32.4 Å². The van der Waals surface area contributed by atoms with Crippen LogP contribution in [0.2, 0.25) is 0 Å². The van der Waals surface area contributed by atoms with Crippen LogP contribution in [0.4, 0.5) is 5.69 Å². The number of aliphatic hydroxyl groups excluding tert-OH is 2. The summed E-state index contributed by atoms with van der Waals surface area (Å²) in [5.74, 6) is -1.51. The molecule has 2 atom stereocenters. The van der Waals surface area contributed by atoms with Gasteiger partial charge in [-0.05, 0) is 6.07 Å². The van der Waals surface area contributed by atoms with Crippen LogP contribution < -0.4 is 5.73 Å². The fourth-order valence-corrected chi connectivity index (χ4v) is 0.992. The summed E-state index contributed by atoms with van der Waals surface area (Å²) in [6.45, 7) is 0. The van der Waals surface area contributed by atoms with E-state index < -0.39 is 18.2 Å². The number of rotatable bonds is 3. The highest BCUT2D eigenvalue weighted by Gasteiger charge is 2.26. The first-order valence-electron chi connectivity index (χ1n) is 3.82. The zero-order chi connectivity index (χ0) is 10.7. The number of nitrogens with two attached hydrogens (primary N) is 1. The van der Waals surface area contributed by atoms with Crippen LogP contribution in [-0.2, 0) is 4.79 Å². The van der Waals surface area contributed by atoms with Crippen molar-refractivity contribution in [1.29, 1.82) is 0 Å². The number of aliphatic hydroxyl groups is 2. The fourth-order valence-electron chi connectivity index (χ4n) is 0.992. The topological polar surface area (TPSA) is 117 Å². The largest absolute Gasteiger partial charge is 0.479 e. The van der Waals surface area contributed by atoms with Crippen molar-refractivity contribution >= 4 is 11.7 Å². The number of carboxylic acids is 1. The van der Waals surface area contributed by atoms with Gasteiger partial charge in [0.15, 0.2) is 6.10 Å². The Labute approximate surface area is 79.6 Å². The van der Waals surface area contributed by atoms with Gasteiger partial charge in [0.05, 0.1) is 11.9 Å². The predicted molar refractivity (Wildman–Crippen MR) is 47.3 cm³/mol. The fraction of sp³-hybridized carbons (Fsp3) is 0.250. The van der Waals surface area contributed by atoms with Crippen molar-refractivity contribution < 1.29 is 20.1 Å². The zero-order valence-electron chi connectivity index (χ0n) is 7.16. The third-order valence-electron chi connectivity index (χ3n) is 1.76. The van der Waals surface area contributed by atoms with Crippen molar-refractivity contribution in [3.05, 3.63) is 24.0 Å². The summed E-state index contributed by atoms with van der Waals surface area (Å²) in [5.41, 5.74) is 5.72. The van der Waals surface area contributed by atoms with E-state index >= 15 is 0 Å². The lowest BCUT2D eigenvalue weighted by molar-refractivity contribution is -0.153. The van der Waals surface area contributed by atoms with E-state index in [2.05, 4.69) is 4.98 Å². The molecule has 1 rings (SSSR count). The molecule has 5 N–H and O–H groups in total. The Morgan fingerprint density at radius 3 is 2.64 bits per heavy atom. The van der Waals surface area contributed by atoms with Gasteiger partial charge in [0.2, 0.25) is 0 Å². The molecule has 76 valence electrons. The van der Waals surface area contributed by atoms with Crippen molar-refractivity contribution in [2.45, 2.75) is 12.2 Å². The molecule has 0 aromatic carbocycles. The monoisotopic (exact) mass is 198 g/mol. The molecule has 0 aliphatic carbocycles. The van der Waals surface area contributed by atoms with Gasteiger partial charge in [-0.1, -0.05) is 0 Å². The van der Waals surface area contributed by atoms with Gasteiger partial charge in [-0.2, -0.15) is 0 Å². The molecule has 1 heterocycles. The number of nitrogens with zero attached hydrogens (tertiary/aromatic N) is 1. The third kappa shape index (κ3) is 1.98. The second-order valence-electron chi connectivity index (χ2n) is 2.73. The van der Waals surface area contributed by atoms with Crippen LogP contribution >= 0.6 is 0 Å². The molecule has 0 radical (unpaired) electrons. The molecule has 6 heteroatoms. The normalized spacial score (nSPS) is 14.7. The van der Waals surface area contributed by atoms with Gasteiger partial charge >= 0.3 is 5.97 Å². The van der Waals surface area contributed by atoms with E-state index in [1.807, 2.05) is 0 Å². The van der Waals surface area contributed by atoms with Crippen molar-refractivity contribution in [1.82, 2.24) is 4.98 Å². The summed E-state index contributed by atoms with van der Waals surface area (Å²) >= 11 is 0. The number of pyridine rings is 1. The number of hydrogen-bond donors (Lipinski definition) is 4. The minimum Gasteiger partial charge on any atom is -0.479 e. The molecule has 1 aromatic heterocycles. The standard InChI is InChI=1S/C8H10N2O4/c9-5-3-10-2-1-4(5)6(11)7(12)8(13)14/h1-3,6-7,11-12H,9H2,(H,13,14). The van der Waals surface area contributed by atoms with Gasteiger partial charge in [-0.3, -0.25) is 4.98 Å². The van der Waals surface area contributed by atoms with Crippen LogP contribution in [0.5, 0.6) is 0 Å².